The van der Waals surface area contributed by atoms with E-state index in [9.17, 15) is 19.7 Å². The van der Waals surface area contributed by atoms with Crippen LogP contribution in [0.1, 0.15) is 16.8 Å². The summed E-state index contributed by atoms with van der Waals surface area (Å²) in [7, 11) is 0. The van der Waals surface area contributed by atoms with Crippen molar-refractivity contribution in [2.45, 2.75) is 12.5 Å². The number of carbonyl (C=O) groups is 2. The highest BCUT2D eigenvalue weighted by atomic mass is 32.2. The van der Waals surface area contributed by atoms with Gasteiger partial charge in [0.1, 0.15) is 0 Å². The number of thioether (sulfide) groups is 1. The number of amides is 1. The first-order valence-corrected chi connectivity index (χ1v) is 7.39. The molecular weight excluding hydrogens is 314 g/mol. The second-order valence-corrected chi connectivity index (χ2v) is 5.75. The predicted molar refractivity (Wildman–Crippen MR) is 82.2 cm³/mol. The summed E-state index contributed by atoms with van der Waals surface area (Å²) >= 11 is 6.18. The molecule has 0 saturated carbocycles. The third-order valence-corrected chi connectivity index (χ3v) is 4.02. The largest absolute Gasteiger partial charge is 0.352 e. The number of rotatable bonds is 3. The van der Waals surface area contributed by atoms with Crippen molar-refractivity contribution >= 4 is 45.8 Å². The van der Waals surface area contributed by atoms with Crippen LogP contribution in [0.4, 0.5) is 5.69 Å². The molecule has 1 atom stereocenters. The van der Waals surface area contributed by atoms with Gasteiger partial charge in [-0.1, -0.05) is 17.8 Å². The Morgan fingerprint density at radius 2 is 2.24 bits per heavy atom. The van der Waals surface area contributed by atoms with Gasteiger partial charge in [-0.15, -0.1) is 0 Å². The lowest BCUT2D eigenvalue weighted by Crippen LogP contribution is -2.45. The molecule has 1 amide bonds. The molecule has 1 heterocycles. The van der Waals surface area contributed by atoms with Crippen LogP contribution in [0.15, 0.2) is 24.3 Å². The van der Waals surface area contributed by atoms with E-state index >= 15 is 0 Å². The fourth-order valence-corrected chi connectivity index (χ4v) is 2.92. The van der Waals surface area contributed by atoms with E-state index in [0.717, 1.165) is 11.8 Å². The molecule has 1 fully saturated rings. The number of nitro benzene ring substituents is 1. The molecule has 7 nitrogen and oxygen atoms in total. The zero-order chi connectivity index (χ0) is 15.4. The number of nitrogens with zero attached hydrogens (tertiary/aromatic N) is 1. The molecule has 2 rings (SSSR count). The van der Waals surface area contributed by atoms with E-state index in [4.69, 9.17) is 12.2 Å². The van der Waals surface area contributed by atoms with Gasteiger partial charge in [0, 0.05) is 23.4 Å². The highest BCUT2D eigenvalue weighted by Crippen LogP contribution is 2.19. The minimum Gasteiger partial charge on any atom is -0.352 e. The molecule has 1 aliphatic heterocycles. The van der Waals surface area contributed by atoms with E-state index in [1.165, 1.54) is 30.0 Å². The maximum absolute atomic E-state index is 11.9. The number of nitrogens with one attached hydrogen (secondary N) is 2. The van der Waals surface area contributed by atoms with E-state index in [-0.39, 0.29) is 21.5 Å². The second kappa shape index (κ2) is 6.64. The first-order valence-electron chi connectivity index (χ1n) is 6.00. The molecule has 0 bridgehead atoms. The summed E-state index contributed by atoms with van der Waals surface area (Å²) in [5.74, 6) is 0.159. The Hall–Kier alpha value is -2.00. The van der Waals surface area contributed by atoms with Gasteiger partial charge in [0.15, 0.2) is 5.11 Å². The molecule has 1 saturated heterocycles. The summed E-state index contributed by atoms with van der Waals surface area (Å²) in [6, 6.07) is 4.92. The van der Waals surface area contributed by atoms with Gasteiger partial charge < -0.3 is 5.32 Å². The molecular formula is C12H11N3O4S2. The van der Waals surface area contributed by atoms with E-state index in [0.29, 0.717) is 6.42 Å². The van der Waals surface area contributed by atoms with E-state index < -0.39 is 16.9 Å². The maximum Gasteiger partial charge on any atom is 0.270 e. The monoisotopic (exact) mass is 325 g/mol. The van der Waals surface area contributed by atoms with Crippen molar-refractivity contribution in [3.8, 4) is 0 Å². The van der Waals surface area contributed by atoms with Crippen LogP contribution in [-0.4, -0.2) is 32.9 Å². The molecule has 0 unspecified atom stereocenters. The summed E-state index contributed by atoms with van der Waals surface area (Å²) in [5, 5.41) is 15.9. The van der Waals surface area contributed by atoms with Crippen LogP contribution in [0.5, 0.6) is 0 Å². The second-order valence-electron chi connectivity index (χ2n) is 4.24. The Labute approximate surface area is 129 Å². The van der Waals surface area contributed by atoms with Gasteiger partial charge in [-0.05, 0) is 24.7 Å². The molecule has 0 aromatic heterocycles. The number of carbonyl (C=O) groups excluding carboxylic acids is 2. The van der Waals surface area contributed by atoms with Gasteiger partial charge in [0.25, 0.3) is 11.6 Å². The summed E-state index contributed by atoms with van der Waals surface area (Å²) in [4.78, 5) is 33.5. The average Bonchev–Trinajstić information content (AvgIpc) is 2.84. The Morgan fingerprint density at radius 1 is 1.48 bits per heavy atom. The summed E-state index contributed by atoms with van der Waals surface area (Å²) in [6.45, 7) is 0. The molecule has 1 aromatic carbocycles. The number of hydrogen-bond donors (Lipinski definition) is 2. The maximum atomic E-state index is 11.9. The average molecular weight is 325 g/mol. The first-order chi connectivity index (χ1) is 9.97. The molecule has 1 aromatic rings. The number of nitro groups is 1. The fourth-order valence-electron chi connectivity index (χ4n) is 1.76. The van der Waals surface area contributed by atoms with Crippen LogP contribution in [0, 0.1) is 10.1 Å². The van der Waals surface area contributed by atoms with Crippen molar-refractivity contribution in [1.82, 2.24) is 10.6 Å². The van der Waals surface area contributed by atoms with Gasteiger partial charge in [-0.3, -0.25) is 25.0 Å². The lowest BCUT2D eigenvalue weighted by atomic mass is 10.2. The zero-order valence-electron chi connectivity index (χ0n) is 10.7. The number of hydrogen-bond acceptors (Lipinski definition) is 6. The van der Waals surface area contributed by atoms with Gasteiger partial charge in [0.05, 0.1) is 11.0 Å². The Kier molecular flexibility index (Phi) is 4.86. The summed E-state index contributed by atoms with van der Waals surface area (Å²) in [6.07, 6.45) is 0.649. The lowest BCUT2D eigenvalue weighted by Gasteiger charge is -2.13. The van der Waals surface area contributed by atoms with E-state index in [1.807, 2.05) is 0 Å². The fraction of sp³-hybridized carbons (Fsp3) is 0.250. The normalized spacial score (nSPS) is 17.3. The predicted octanol–water partition coefficient (Wildman–Crippen LogP) is 1.23. The van der Waals surface area contributed by atoms with Crippen LogP contribution in [0.2, 0.25) is 0 Å². The molecule has 110 valence electrons. The number of thiocarbonyl (C=S) groups is 1. The molecule has 1 aliphatic rings. The first kappa shape index (κ1) is 15.4. The summed E-state index contributed by atoms with van der Waals surface area (Å²) in [5.41, 5.74) is -0.0515. The Morgan fingerprint density at radius 3 is 2.86 bits per heavy atom. The van der Waals surface area contributed by atoms with Crippen LogP contribution in [-0.2, 0) is 4.79 Å². The SMILES string of the molecule is O=C(NC(=S)N[C@@H]1CCSC1=O)c1cccc([N+](=O)[O-])c1. The van der Waals surface area contributed by atoms with Crippen LogP contribution in [0.25, 0.3) is 0 Å². The van der Waals surface area contributed by atoms with Gasteiger partial charge >= 0.3 is 0 Å². The zero-order valence-corrected chi connectivity index (χ0v) is 12.3. The quantitative estimate of drug-likeness (QED) is 0.489. The Bertz CT molecular complexity index is 620. The van der Waals surface area contributed by atoms with Crippen LogP contribution >= 0.6 is 24.0 Å². The standard InChI is InChI=1S/C12H11N3O4S2/c16-10(7-2-1-3-8(6-7)15(18)19)14-12(20)13-9-4-5-21-11(9)17/h1-3,6,9H,4-5H2,(H2,13,14,16,20)/t9-/m1/s1. The third-order valence-electron chi connectivity index (χ3n) is 2.79. The van der Waals surface area contributed by atoms with Crippen molar-refractivity contribution in [2.24, 2.45) is 0 Å². The molecule has 9 heteroatoms. The number of benzene rings is 1. The Balaban J connectivity index is 1.97. The molecule has 21 heavy (non-hydrogen) atoms. The highest BCUT2D eigenvalue weighted by molar-refractivity contribution is 8.14. The highest BCUT2D eigenvalue weighted by Gasteiger charge is 2.26. The van der Waals surface area contributed by atoms with Crippen LogP contribution < -0.4 is 10.6 Å². The van der Waals surface area contributed by atoms with Crippen molar-refractivity contribution in [1.29, 1.82) is 0 Å². The van der Waals surface area contributed by atoms with Gasteiger partial charge in [-0.25, -0.2) is 0 Å². The minimum atomic E-state index is -0.582. The topological polar surface area (TPSA) is 101 Å². The smallest absolute Gasteiger partial charge is 0.270 e. The van der Waals surface area contributed by atoms with Crippen molar-refractivity contribution in [2.75, 3.05) is 5.75 Å². The molecule has 2 N–H and O–H groups in total. The van der Waals surface area contributed by atoms with Crippen molar-refractivity contribution < 1.29 is 14.5 Å². The minimum absolute atomic E-state index is 0.0121. The molecule has 0 radical (unpaired) electrons. The van der Waals surface area contributed by atoms with E-state index in [1.54, 1.807) is 0 Å². The summed E-state index contributed by atoms with van der Waals surface area (Å²) < 4.78 is 0. The van der Waals surface area contributed by atoms with Crippen molar-refractivity contribution in [3.05, 3.63) is 39.9 Å². The molecule has 0 aliphatic carbocycles. The van der Waals surface area contributed by atoms with Crippen molar-refractivity contribution in [3.63, 3.8) is 0 Å². The molecule has 0 spiro atoms. The lowest BCUT2D eigenvalue weighted by molar-refractivity contribution is -0.384. The van der Waals surface area contributed by atoms with Gasteiger partial charge in [0.2, 0.25) is 5.12 Å². The van der Waals surface area contributed by atoms with E-state index in [2.05, 4.69) is 10.6 Å². The van der Waals surface area contributed by atoms with Gasteiger partial charge in [-0.2, -0.15) is 0 Å². The third kappa shape index (κ3) is 3.99. The van der Waals surface area contributed by atoms with Crippen LogP contribution in [0.3, 0.4) is 0 Å². The number of non-ortho nitro benzene ring substituents is 1.